The fourth-order valence-electron chi connectivity index (χ4n) is 1.46. The van der Waals surface area contributed by atoms with Gasteiger partial charge < -0.3 is 0 Å². The Balaban J connectivity index is 2.68. The molecule has 1 rings (SSSR count). The Hall–Kier alpha value is -0.0831. The zero-order valence-corrected chi connectivity index (χ0v) is 11.0. The summed E-state index contributed by atoms with van der Waals surface area (Å²) >= 11 is 3.96. The maximum Gasteiger partial charge on any atom is 0.134 e. The fraction of sp³-hybridized carbons (Fsp3) is 0.455. The third-order valence-electron chi connectivity index (χ3n) is 2.63. The van der Waals surface area contributed by atoms with Crippen LogP contribution < -0.4 is 0 Å². The minimum Gasteiger partial charge on any atom is -0.126 e. The Morgan fingerprint density at radius 2 is 1.62 bits per heavy atom. The number of halogens is 1. The highest BCUT2D eigenvalue weighted by Gasteiger charge is 2.25. The van der Waals surface area contributed by atoms with E-state index in [1.165, 1.54) is 23.7 Å². The molecule has 72 valence electrons. The minimum atomic E-state index is -1.13. The summed E-state index contributed by atoms with van der Waals surface area (Å²) in [7, 11) is 0. The molecule has 0 atom stereocenters. The summed E-state index contributed by atoms with van der Waals surface area (Å²) in [5.41, 5.74) is 1.48. The lowest BCUT2D eigenvalue weighted by Gasteiger charge is -2.21. The van der Waals surface area contributed by atoms with Gasteiger partial charge in [-0.15, -0.1) is 15.3 Å². The van der Waals surface area contributed by atoms with E-state index in [2.05, 4.69) is 59.5 Å². The summed E-state index contributed by atoms with van der Waals surface area (Å²) in [4.78, 5) is 0. The van der Waals surface area contributed by atoms with Crippen molar-refractivity contribution >= 4 is 22.0 Å². The van der Waals surface area contributed by atoms with E-state index in [0.717, 1.165) is 0 Å². The lowest BCUT2D eigenvalue weighted by Crippen LogP contribution is -2.27. The first-order valence-corrected chi connectivity index (χ1v) is 9.81. The molecule has 0 radical (unpaired) electrons. The molecule has 2 heteroatoms. The fourth-order valence-corrected chi connectivity index (χ4v) is 4.40. The molecule has 0 unspecified atom stereocenters. The zero-order valence-electron chi connectivity index (χ0n) is 8.39. The van der Waals surface area contributed by atoms with Crippen molar-refractivity contribution in [2.24, 2.45) is 0 Å². The van der Waals surface area contributed by atoms with Gasteiger partial charge in [0.2, 0.25) is 0 Å². The summed E-state index contributed by atoms with van der Waals surface area (Å²) < 4.78 is 0. The van der Waals surface area contributed by atoms with E-state index in [1.807, 2.05) is 0 Å². The molecular formula is C11H17BrSi. The third kappa shape index (κ3) is 3.28. The van der Waals surface area contributed by atoms with Crippen LogP contribution in [0.1, 0.15) is 19.4 Å². The van der Waals surface area contributed by atoms with Crippen LogP contribution >= 0.6 is 15.3 Å². The molecule has 0 fully saturated rings. The van der Waals surface area contributed by atoms with Crippen LogP contribution in [0.3, 0.4) is 0 Å². The van der Waals surface area contributed by atoms with Crippen molar-refractivity contribution in [2.75, 3.05) is 0 Å². The highest BCUT2D eigenvalue weighted by molar-refractivity contribution is 9.26. The second-order valence-electron chi connectivity index (χ2n) is 3.52. The standard InChI is InChI=1S/C11H17BrSi/c1-3-13(12,4-2)10-11-8-6-5-7-9-11/h5-9H,3-4,10H2,1-2H3. The lowest BCUT2D eigenvalue weighted by molar-refractivity contribution is 1.21. The molecule has 1 aromatic carbocycles. The third-order valence-corrected chi connectivity index (χ3v) is 10.4. The first kappa shape index (κ1) is 11.0. The summed E-state index contributed by atoms with van der Waals surface area (Å²) in [5, 5.41) is 0. The maximum atomic E-state index is 3.96. The SMILES string of the molecule is CC[Si](Br)(CC)Cc1ccccc1. The Bertz CT molecular complexity index is 242. The number of hydrogen-bond acceptors (Lipinski definition) is 0. The van der Waals surface area contributed by atoms with E-state index < -0.39 is 6.69 Å². The first-order valence-electron chi connectivity index (χ1n) is 4.93. The van der Waals surface area contributed by atoms with Crippen LogP contribution in [0.5, 0.6) is 0 Å². The van der Waals surface area contributed by atoms with Gasteiger partial charge in [-0.25, -0.2) is 0 Å². The van der Waals surface area contributed by atoms with E-state index in [0.29, 0.717) is 0 Å². The molecule has 0 bridgehead atoms. The second-order valence-corrected chi connectivity index (χ2v) is 12.6. The molecule has 0 N–H and O–H groups in total. The number of rotatable bonds is 4. The van der Waals surface area contributed by atoms with Gasteiger partial charge >= 0.3 is 0 Å². The monoisotopic (exact) mass is 256 g/mol. The molecule has 0 nitrogen and oxygen atoms in total. The molecule has 0 spiro atoms. The summed E-state index contributed by atoms with van der Waals surface area (Å²) in [6, 6.07) is 14.7. The van der Waals surface area contributed by atoms with Crippen LogP contribution in [0.4, 0.5) is 0 Å². The van der Waals surface area contributed by atoms with Gasteiger partial charge in [0.25, 0.3) is 0 Å². The quantitative estimate of drug-likeness (QED) is 0.561. The van der Waals surface area contributed by atoms with Crippen LogP contribution in [-0.2, 0) is 6.04 Å². The molecule has 0 heterocycles. The van der Waals surface area contributed by atoms with E-state index in [9.17, 15) is 0 Å². The normalized spacial score (nSPS) is 11.6. The first-order chi connectivity index (χ1) is 6.20. The largest absolute Gasteiger partial charge is 0.134 e. The van der Waals surface area contributed by atoms with Crippen LogP contribution in [0.15, 0.2) is 30.3 Å². The second kappa shape index (κ2) is 4.96. The van der Waals surface area contributed by atoms with Crippen molar-refractivity contribution in [1.29, 1.82) is 0 Å². The van der Waals surface area contributed by atoms with E-state index in [1.54, 1.807) is 0 Å². The molecule has 0 saturated carbocycles. The molecule has 0 saturated heterocycles. The van der Waals surface area contributed by atoms with Gasteiger partial charge in [0.15, 0.2) is 0 Å². The summed E-state index contributed by atoms with van der Waals surface area (Å²) in [6.07, 6.45) is 0. The molecule has 0 aliphatic heterocycles. The highest BCUT2D eigenvalue weighted by Crippen LogP contribution is 2.26. The van der Waals surface area contributed by atoms with E-state index in [-0.39, 0.29) is 0 Å². The topological polar surface area (TPSA) is 0 Å². The van der Waals surface area contributed by atoms with Crippen LogP contribution in [0.25, 0.3) is 0 Å². The molecule has 0 aromatic heterocycles. The van der Waals surface area contributed by atoms with Gasteiger partial charge in [-0.3, -0.25) is 0 Å². The predicted octanol–water partition coefficient (Wildman–Crippen LogP) is 4.15. The highest BCUT2D eigenvalue weighted by atomic mass is 79.9. The van der Waals surface area contributed by atoms with Crippen molar-refractivity contribution < 1.29 is 0 Å². The molecule has 13 heavy (non-hydrogen) atoms. The van der Waals surface area contributed by atoms with Gasteiger partial charge in [-0.05, 0) is 11.6 Å². The van der Waals surface area contributed by atoms with Gasteiger partial charge in [-0.2, -0.15) is 0 Å². The van der Waals surface area contributed by atoms with Crippen molar-refractivity contribution in [3.05, 3.63) is 35.9 Å². The molecule has 0 aliphatic rings. The van der Waals surface area contributed by atoms with Crippen LogP contribution in [0.2, 0.25) is 12.1 Å². The predicted molar refractivity (Wildman–Crippen MR) is 65.8 cm³/mol. The zero-order chi connectivity index (χ0) is 9.73. The maximum absolute atomic E-state index is 3.96. The Kier molecular flexibility index (Phi) is 4.20. The van der Waals surface area contributed by atoms with Crippen LogP contribution in [0, 0.1) is 0 Å². The molecular weight excluding hydrogens is 240 g/mol. The molecule has 1 aromatic rings. The molecule has 0 aliphatic carbocycles. The van der Waals surface area contributed by atoms with Crippen molar-refractivity contribution in [2.45, 2.75) is 32.0 Å². The van der Waals surface area contributed by atoms with Crippen molar-refractivity contribution in [1.82, 2.24) is 0 Å². The Labute approximate surface area is 90.0 Å². The summed E-state index contributed by atoms with van der Waals surface area (Å²) in [5.74, 6) is 0. The number of hydrogen-bond donors (Lipinski definition) is 0. The Morgan fingerprint density at radius 3 is 2.08 bits per heavy atom. The van der Waals surface area contributed by atoms with Gasteiger partial charge in [0.1, 0.15) is 6.69 Å². The van der Waals surface area contributed by atoms with E-state index >= 15 is 0 Å². The molecule has 0 amide bonds. The van der Waals surface area contributed by atoms with Crippen molar-refractivity contribution in [3.63, 3.8) is 0 Å². The van der Waals surface area contributed by atoms with E-state index in [4.69, 9.17) is 0 Å². The number of benzene rings is 1. The summed E-state index contributed by atoms with van der Waals surface area (Å²) in [6.45, 7) is 3.47. The lowest BCUT2D eigenvalue weighted by atomic mass is 10.2. The average molecular weight is 257 g/mol. The minimum absolute atomic E-state index is 1.13. The van der Waals surface area contributed by atoms with Gasteiger partial charge in [0.05, 0.1) is 0 Å². The smallest absolute Gasteiger partial charge is 0.126 e. The van der Waals surface area contributed by atoms with Gasteiger partial charge in [0, 0.05) is 0 Å². The van der Waals surface area contributed by atoms with Crippen molar-refractivity contribution in [3.8, 4) is 0 Å². The average Bonchev–Trinajstić information content (AvgIpc) is 2.19. The van der Waals surface area contributed by atoms with Gasteiger partial charge in [-0.1, -0.05) is 56.3 Å². The Morgan fingerprint density at radius 1 is 1.08 bits per heavy atom. The van der Waals surface area contributed by atoms with Crippen LogP contribution in [-0.4, -0.2) is 6.69 Å².